The standard InChI is InChI=1S/C21H29FN6O.C7H5F2NO2/c1-15-14-28(5-4-26(15)3)20-11-18(22)17(10-19(20)23-2)16-12-24-21(25-13-16)27-6-8-29-9-7-27;8-7(9)5-1-6(12)10-2-4(5)3-11/h10-13,15,23H,4-9,14H2,1-3H3;1-3,7H,(H,10,12). The number of benzene rings is 1. The molecule has 0 aliphatic carbocycles. The van der Waals surface area contributed by atoms with Crippen molar-refractivity contribution < 1.29 is 22.7 Å². The number of hydrogen-bond acceptors (Lipinski definition) is 9. The van der Waals surface area contributed by atoms with Crippen molar-refractivity contribution >= 4 is 23.6 Å². The van der Waals surface area contributed by atoms with E-state index < -0.39 is 17.5 Å². The summed E-state index contributed by atoms with van der Waals surface area (Å²) in [5.74, 6) is 0.405. The molecule has 0 amide bonds. The zero-order valence-corrected chi connectivity index (χ0v) is 23.2. The fourth-order valence-electron chi connectivity index (χ4n) is 4.69. The first-order valence-electron chi connectivity index (χ1n) is 13.3. The fraction of sp³-hybridized carbons (Fsp3) is 0.429. The number of nitrogens with zero attached hydrogens (tertiary/aromatic N) is 5. The van der Waals surface area contributed by atoms with Gasteiger partial charge < -0.3 is 29.7 Å². The summed E-state index contributed by atoms with van der Waals surface area (Å²) in [5.41, 5.74) is 1.63. The number of nitrogens with one attached hydrogen (secondary N) is 2. The van der Waals surface area contributed by atoms with Gasteiger partial charge in [0.2, 0.25) is 11.5 Å². The number of ether oxygens (including phenoxy) is 1. The van der Waals surface area contributed by atoms with Crippen molar-refractivity contribution in [1.29, 1.82) is 0 Å². The van der Waals surface area contributed by atoms with Crippen molar-refractivity contribution in [3.05, 3.63) is 64.1 Å². The molecule has 13 heteroatoms. The molecule has 0 spiro atoms. The molecule has 0 bridgehead atoms. The number of pyridine rings is 1. The van der Waals surface area contributed by atoms with Gasteiger partial charge in [0.25, 0.3) is 6.43 Å². The second kappa shape index (κ2) is 13.6. The number of aldehydes is 1. The summed E-state index contributed by atoms with van der Waals surface area (Å²) < 4.78 is 44.6. The van der Waals surface area contributed by atoms with Gasteiger partial charge in [0.1, 0.15) is 5.82 Å². The van der Waals surface area contributed by atoms with Crippen LogP contribution < -0.4 is 20.7 Å². The van der Waals surface area contributed by atoms with Crippen LogP contribution in [0.25, 0.3) is 11.1 Å². The molecule has 1 unspecified atom stereocenters. The Morgan fingerprint density at radius 2 is 1.80 bits per heavy atom. The number of halogens is 3. The summed E-state index contributed by atoms with van der Waals surface area (Å²) in [5, 5.41) is 3.23. The quantitative estimate of drug-likeness (QED) is 0.429. The van der Waals surface area contributed by atoms with Gasteiger partial charge in [-0.1, -0.05) is 0 Å². The van der Waals surface area contributed by atoms with Crippen molar-refractivity contribution in [3.63, 3.8) is 0 Å². The van der Waals surface area contributed by atoms with E-state index in [1.54, 1.807) is 18.5 Å². The minimum atomic E-state index is -2.80. The molecule has 10 nitrogen and oxygen atoms in total. The minimum Gasteiger partial charge on any atom is -0.386 e. The number of carbonyl (C=O) groups is 1. The zero-order chi connectivity index (χ0) is 29.5. The number of likely N-dealkylation sites (N-methyl/N-ethyl adjacent to an activating group) is 1. The van der Waals surface area contributed by atoms with Gasteiger partial charge in [-0.05, 0) is 26.1 Å². The molecule has 220 valence electrons. The lowest BCUT2D eigenvalue weighted by molar-refractivity contribution is 0.110. The molecule has 4 heterocycles. The monoisotopic (exact) mass is 573 g/mol. The Morgan fingerprint density at radius 1 is 1.10 bits per heavy atom. The second-order valence-electron chi connectivity index (χ2n) is 9.87. The molecular formula is C28H34F3N7O3. The number of alkyl halides is 2. The van der Waals surface area contributed by atoms with E-state index >= 15 is 4.39 Å². The normalized spacial score (nSPS) is 17.7. The summed E-state index contributed by atoms with van der Waals surface area (Å²) in [6, 6.07) is 4.64. The first-order valence-corrected chi connectivity index (χ1v) is 13.3. The maximum Gasteiger partial charge on any atom is 0.264 e. The summed E-state index contributed by atoms with van der Waals surface area (Å²) in [7, 11) is 4.00. The van der Waals surface area contributed by atoms with Gasteiger partial charge in [0.05, 0.1) is 24.6 Å². The van der Waals surface area contributed by atoms with Crippen LogP contribution in [-0.2, 0) is 4.74 Å². The lowest BCUT2D eigenvalue weighted by atomic mass is 10.0. The Morgan fingerprint density at radius 3 is 2.41 bits per heavy atom. The molecule has 2 N–H and O–H groups in total. The van der Waals surface area contributed by atoms with E-state index in [0.717, 1.165) is 50.3 Å². The molecule has 0 saturated carbocycles. The lowest BCUT2D eigenvalue weighted by Crippen LogP contribution is -2.50. The van der Waals surface area contributed by atoms with Crippen LogP contribution in [0.4, 0.5) is 30.5 Å². The van der Waals surface area contributed by atoms with Gasteiger partial charge in [0, 0.05) is 92.7 Å². The molecule has 1 aromatic carbocycles. The molecule has 2 aliphatic rings. The van der Waals surface area contributed by atoms with E-state index in [1.807, 2.05) is 13.1 Å². The van der Waals surface area contributed by atoms with E-state index in [4.69, 9.17) is 4.74 Å². The van der Waals surface area contributed by atoms with Crippen molar-refractivity contribution in [1.82, 2.24) is 19.9 Å². The highest BCUT2D eigenvalue weighted by molar-refractivity contribution is 5.78. The number of carbonyl (C=O) groups excluding carboxylic acids is 1. The fourth-order valence-corrected chi connectivity index (χ4v) is 4.69. The van der Waals surface area contributed by atoms with E-state index in [0.29, 0.717) is 42.4 Å². The number of hydrogen-bond donors (Lipinski definition) is 2. The first-order chi connectivity index (χ1) is 19.7. The zero-order valence-electron chi connectivity index (χ0n) is 23.2. The smallest absolute Gasteiger partial charge is 0.264 e. The largest absolute Gasteiger partial charge is 0.386 e. The van der Waals surface area contributed by atoms with Crippen LogP contribution in [0, 0.1) is 5.82 Å². The van der Waals surface area contributed by atoms with Gasteiger partial charge in [-0.15, -0.1) is 0 Å². The van der Waals surface area contributed by atoms with Crippen LogP contribution >= 0.6 is 0 Å². The molecule has 0 radical (unpaired) electrons. The van der Waals surface area contributed by atoms with E-state index in [-0.39, 0.29) is 17.7 Å². The minimum absolute atomic E-state index is 0.190. The maximum atomic E-state index is 15.1. The third kappa shape index (κ3) is 7.22. The molecule has 5 rings (SSSR count). The predicted molar refractivity (Wildman–Crippen MR) is 152 cm³/mol. The highest BCUT2D eigenvalue weighted by atomic mass is 19.3. The number of anilines is 3. The number of aromatic nitrogens is 3. The van der Waals surface area contributed by atoms with Crippen molar-refractivity contribution in [2.24, 2.45) is 0 Å². The summed E-state index contributed by atoms with van der Waals surface area (Å²) >= 11 is 0. The average molecular weight is 574 g/mol. The summed E-state index contributed by atoms with van der Waals surface area (Å²) in [4.78, 5) is 38.5. The number of H-pyrrole nitrogens is 1. The Kier molecular flexibility index (Phi) is 9.95. The lowest BCUT2D eigenvalue weighted by Gasteiger charge is -2.39. The molecule has 3 aromatic rings. The maximum absolute atomic E-state index is 15.1. The Labute approximate surface area is 236 Å². The Bertz CT molecular complexity index is 1380. The van der Waals surface area contributed by atoms with Crippen LogP contribution in [0.2, 0.25) is 0 Å². The van der Waals surface area contributed by atoms with Crippen molar-refractivity contribution in [2.45, 2.75) is 19.4 Å². The van der Waals surface area contributed by atoms with E-state index in [9.17, 15) is 18.4 Å². The first kappa shape index (κ1) is 30.0. The molecule has 2 aromatic heterocycles. The Hall–Kier alpha value is -3.97. The molecular weight excluding hydrogens is 539 g/mol. The Balaban J connectivity index is 0.000000271. The van der Waals surface area contributed by atoms with Gasteiger partial charge in [-0.25, -0.2) is 23.1 Å². The number of morpholine rings is 1. The van der Waals surface area contributed by atoms with E-state index in [1.165, 1.54) is 0 Å². The predicted octanol–water partition coefficient (Wildman–Crippen LogP) is 3.43. The summed E-state index contributed by atoms with van der Waals surface area (Å²) in [6.45, 7) is 7.82. The van der Waals surface area contributed by atoms with Gasteiger partial charge in [-0.2, -0.15) is 0 Å². The second-order valence-corrected chi connectivity index (χ2v) is 9.87. The van der Waals surface area contributed by atoms with Crippen LogP contribution in [-0.4, -0.2) is 92.2 Å². The third-order valence-corrected chi connectivity index (χ3v) is 7.25. The number of piperazine rings is 1. The van der Waals surface area contributed by atoms with Crippen LogP contribution in [0.3, 0.4) is 0 Å². The van der Waals surface area contributed by atoms with Gasteiger partial charge >= 0.3 is 0 Å². The topological polar surface area (TPSA) is 107 Å². The highest BCUT2D eigenvalue weighted by Gasteiger charge is 2.24. The molecule has 2 aliphatic heterocycles. The SMILES string of the molecule is CNc1cc(-c2cnc(N3CCOCC3)nc2)c(F)cc1N1CCN(C)C(C)C1.O=Cc1c[nH]c(=O)cc1C(F)F. The summed E-state index contributed by atoms with van der Waals surface area (Å²) in [6.07, 6.45) is 1.85. The number of aromatic amines is 1. The molecule has 41 heavy (non-hydrogen) atoms. The molecule has 2 fully saturated rings. The van der Waals surface area contributed by atoms with Crippen LogP contribution in [0.15, 0.2) is 41.6 Å². The van der Waals surface area contributed by atoms with Crippen LogP contribution in [0.1, 0.15) is 29.3 Å². The van der Waals surface area contributed by atoms with Gasteiger partial charge in [0.15, 0.2) is 6.29 Å². The van der Waals surface area contributed by atoms with Crippen molar-refractivity contribution in [2.75, 3.05) is 75.1 Å². The molecule has 2 saturated heterocycles. The third-order valence-electron chi connectivity index (χ3n) is 7.25. The molecule has 1 atom stereocenters. The van der Waals surface area contributed by atoms with Crippen LogP contribution in [0.5, 0.6) is 0 Å². The van der Waals surface area contributed by atoms with E-state index in [2.05, 4.69) is 48.9 Å². The van der Waals surface area contributed by atoms with Gasteiger partial charge in [-0.3, -0.25) is 9.59 Å². The number of rotatable bonds is 6. The average Bonchev–Trinajstić information content (AvgIpc) is 2.99. The van der Waals surface area contributed by atoms with Crippen molar-refractivity contribution in [3.8, 4) is 11.1 Å². The highest BCUT2D eigenvalue weighted by Crippen LogP contribution is 2.35.